The Morgan fingerprint density at radius 1 is 0.880 bits per heavy atom. The molecule has 0 spiro atoms. The number of benzene rings is 2. The fourth-order valence-corrected chi connectivity index (χ4v) is 6.81. The van der Waals surface area contributed by atoms with Crippen molar-refractivity contribution in [2.24, 2.45) is 0 Å². The molecule has 0 N–H and O–H groups in total. The van der Waals surface area contributed by atoms with E-state index in [1.165, 1.54) is 0 Å². The molecule has 3 aliphatic rings. The molecule has 272 valence electrons. The minimum atomic E-state index is -0.798. The Morgan fingerprint density at radius 2 is 1.54 bits per heavy atom. The van der Waals surface area contributed by atoms with Gasteiger partial charge in [0.2, 0.25) is 0 Å². The van der Waals surface area contributed by atoms with Crippen LogP contribution in [-0.4, -0.2) is 95.5 Å². The second-order valence-corrected chi connectivity index (χ2v) is 15.9. The Labute approximate surface area is 305 Å². The lowest BCUT2D eigenvalue weighted by atomic mass is 9.81. The monoisotopic (exact) mass is 729 g/mol. The molecule has 2 aliphatic heterocycles. The summed E-state index contributed by atoms with van der Waals surface area (Å²) in [4.78, 5) is 47.7. The van der Waals surface area contributed by atoms with Gasteiger partial charge in [0.25, 0.3) is 5.91 Å². The first-order valence-corrected chi connectivity index (χ1v) is 18.0. The van der Waals surface area contributed by atoms with Gasteiger partial charge in [0, 0.05) is 51.4 Å². The molecule has 2 aromatic rings. The van der Waals surface area contributed by atoms with Crippen molar-refractivity contribution >= 4 is 46.9 Å². The summed E-state index contributed by atoms with van der Waals surface area (Å²) in [6.07, 6.45) is 1.74. The van der Waals surface area contributed by atoms with Gasteiger partial charge in [-0.1, -0.05) is 47.5 Å². The molecule has 2 heterocycles. The van der Waals surface area contributed by atoms with Crippen LogP contribution in [0.4, 0.5) is 9.59 Å². The van der Waals surface area contributed by atoms with E-state index >= 15 is 4.79 Å². The van der Waals surface area contributed by atoms with Crippen LogP contribution < -0.4 is 4.74 Å². The van der Waals surface area contributed by atoms with E-state index in [9.17, 15) is 9.59 Å². The Hall–Kier alpha value is -3.47. The second-order valence-electron chi connectivity index (χ2n) is 15.1. The zero-order valence-electron chi connectivity index (χ0n) is 30.1. The van der Waals surface area contributed by atoms with E-state index in [0.29, 0.717) is 41.0 Å². The first-order chi connectivity index (χ1) is 23.6. The molecule has 0 radical (unpaired) electrons. The van der Waals surface area contributed by atoms with Crippen LogP contribution in [-0.2, 0) is 25.5 Å². The van der Waals surface area contributed by atoms with Gasteiger partial charge in [0.15, 0.2) is 0 Å². The van der Waals surface area contributed by atoms with Crippen molar-refractivity contribution in [2.75, 3.05) is 33.4 Å². The van der Waals surface area contributed by atoms with Crippen LogP contribution in [0.2, 0.25) is 10.0 Å². The Bertz CT molecular complexity index is 1590. The molecule has 1 saturated heterocycles. The molecular weight excluding hydrogens is 681 g/mol. The zero-order chi connectivity index (χ0) is 36.4. The standard InChI is InChI=1S/C38H49Cl2N3O7/c1-37(2,3)49-35(45)41-22-27-20-29(24-12-16-28(17-13-24)48-19-9-18-47-7)32(31(23-41)43(27)36(46)50-38(4,5)6)34(44)42(26-14-15-26)21-25-10-8-11-30(39)33(25)40/h8,10-13,16-17,26-27,31H,9,14-15,18-23H2,1-7H3. The molecule has 2 atom stereocenters. The van der Waals surface area contributed by atoms with Gasteiger partial charge in [-0.2, -0.15) is 0 Å². The molecule has 10 nitrogen and oxygen atoms in total. The molecule has 2 fully saturated rings. The molecule has 3 amide bonds. The van der Waals surface area contributed by atoms with Crippen molar-refractivity contribution < 1.29 is 33.3 Å². The lowest BCUT2D eigenvalue weighted by molar-refractivity contribution is -0.129. The Kier molecular flexibility index (Phi) is 11.6. The van der Waals surface area contributed by atoms with E-state index in [1.807, 2.05) is 82.8 Å². The quantitative estimate of drug-likeness (QED) is 0.229. The average molecular weight is 731 g/mol. The van der Waals surface area contributed by atoms with Gasteiger partial charge in [0.1, 0.15) is 17.0 Å². The number of halogens is 2. The van der Waals surface area contributed by atoms with Crippen LogP contribution in [0.5, 0.6) is 5.75 Å². The number of nitrogens with zero attached hydrogens (tertiary/aromatic N) is 3. The Balaban J connectivity index is 1.60. The zero-order valence-corrected chi connectivity index (χ0v) is 31.6. The third-order valence-electron chi connectivity index (χ3n) is 8.72. The van der Waals surface area contributed by atoms with Crippen LogP contribution >= 0.6 is 23.2 Å². The fraction of sp³-hybridized carbons (Fsp3) is 0.553. The molecule has 12 heteroatoms. The van der Waals surface area contributed by atoms with E-state index in [1.54, 1.807) is 23.0 Å². The summed E-state index contributed by atoms with van der Waals surface area (Å²) in [5.74, 6) is 0.484. The summed E-state index contributed by atoms with van der Waals surface area (Å²) < 4.78 is 22.7. The summed E-state index contributed by atoms with van der Waals surface area (Å²) in [5, 5.41) is 0.810. The van der Waals surface area contributed by atoms with Crippen LogP contribution in [0.3, 0.4) is 0 Å². The van der Waals surface area contributed by atoms with Crippen molar-refractivity contribution in [1.29, 1.82) is 0 Å². The number of ether oxygens (including phenoxy) is 4. The van der Waals surface area contributed by atoms with E-state index in [4.69, 9.17) is 42.1 Å². The van der Waals surface area contributed by atoms with Gasteiger partial charge >= 0.3 is 12.2 Å². The fourth-order valence-electron chi connectivity index (χ4n) is 6.43. The Morgan fingerprint density at radius 3 is 2.16 bits per heavy atom. The SMILES string of the molecule is COCCCOc1ccc(C2=C(C(=O)N(Cc3cccc(Cl)c3Cl)C3CC3)C3CN(C(=O)OC(C)(C)C)CC(C2)N3C(=O)OC(C)(C)C)cc1. The molecule has 1 aliphatic carbocycles. The lowest BCUT2D eigenvalue weighted by Gasteiger charge is -2.51. The minimum absolute atomic E-state index is 0.00701. The van der Waals surface area contributed by atoms with Gasteiger partial charge < -0.3 is 28.7 Å². The predicted octanol–water partition coefficient (Wildman–Crippen LogP) is 7.98. The normalized spacial score (nSPS) is 19.3. The van der Waals surface area contributed by atoms with Gasteiger partial charge in [-0.05, 0) is 95.7 Å². The summed E-state index contributed by atoms with van der Waals surface area (Å²) in [7, 11) is 1.66. The molecule has 50 heavy (non-hydrogen) atoms. The molecule has 1 saturated carbocycles. The number of piperazine rings is 1. The summed E-state index contributed by atoms with van der Waals surface area (Å²) in [5.41, 5.74) is 1.35. The van der Waals surface area contributed by atoms with Gasteiger partial charge in [-0.3, -0.25) is 9.69 Å². The topological polar surface area (TPSA) is 97.9 Å². The van der Waals surface area contributed by atoms with Crippen LogP contribution in [0, 0.1) is 0 Å². The number of hydrogen-bond donors (Lipinski definition) is 0. The van der Waals surface area contributed by atoms with Gasteiger partial charge in [0.05, 0.1) is 28.7 Å². The molecule has 5 rings (SSSR count). The van der Waals surface area contributed by atoms with E-state index in [0.717, 1.165) is 36.0 Å². The number of amides is 3. The highest BCUT2D eigenvalue weighted by Crippen LogP contribution is 2.42. The van der Waals surface area contributed by atoms with Crippen molar-refractivity contribution in [2.45, 2.75) is 103 Å². The van der Waals surface area contributed by atoms with E-state index in [-0.39, 0.29) is 31.6 Å². The molecular formula is C38H49Cl2N3O7. The molecule has 0 aromatic heterocycles. The number of fused-ring (bicyclic) bond motifs is 2. The number of hydrogen-bond acceptors (Lipinski definition) is 7. The lowest BCUT2D eigenvalue weighted by Crippen LogP contribution is -2.66. The highest BCUT2D eigenvalue weighted by atomic mass is 35.5. The van der Waals surface area contributed by atoms with Gasteiger partial charge in [-0.15, -0.1) is 0 Å². The summed E-state index contributed by atoms with van der Waals surface area (Å²) >= 11 is 13.0. The first kappa shape index (κ1) is 37.8. The van der Waals surface area contributed by atoms with Crippen molar-refractivity contribution in [3.63, 3.8) is 0 Å². The highest BCUT2D eigenvalue weighted by molar-refractivity contribution is 6.42. The maximum Gasteiger partial charge on any atom is 0.411 e. The van der Waals surface area contributed by atoms with Gasteiger partial charge in [-0.25, -0.2) is 9.59 Å². The number of carbonyl (C=O) groups excluding carboxylic acids is 3. The third kappa shape index (κ3) is 9.25. The molecule has 2 unspecified atom stereocenters. The van der Waals surface area contributed by atoms with Crippen molar-refractivity contribution in [3.05, 3.63) is 69.2 Å². The van der Waals surface area contributed by atoms with E-state index < -0.39 is 35.5 Å². The summed E-state index contributed by atoms with van der Waals surface area (Å²) in [6.45, 7) is 12.5. The minimum Gasteiger partial charge on any atom is -0.494 e. The predicted molar refractivity (Wildman–Crippen MR) is 193 cm³/mol. The van der Waals surface area contributed by atoms with Crippen LogP contribution in [0.25, 0.3) is 5.57 Å². The van der Waals surface area contributed by atoms with Crippen molar-refractivity contribution in [3.8, 4) is 5.75 Å². The highest BCUT2D eigenvalue weighted by Gasteiger charge is 2.50. The largest absolute Gasteiger partial charge is 0.494 e. The van der Waals surface area contributed by atoms with Crippen molar-refractivity contribution in [1.82, 2.24) is 14.7 Å². The second kappa shape index (κ2) is 15.4. The molecule has 2 bridgehead atoms. The van der Waals surface area contributed by atoms with Crippen LogP contribution in [0.1, 0.15) is 78.4 Å². The maximum absolute atomic E-state index is 15.1. The number of carbonyl (C=O) groups is 3. The maximum atomic E-state index is 15.1. The summed E-state index contributed by atoms with van der Waals surface area (Å²) in [6, 6.07) is 11.8. The average Bonchev–Trinajstić information content (AvgIpc) is 3.87. The smallest absolute Gasteiger partial charge is 0.411 e. The third-order valence-corrected chi connectivity index (χ3v) is 9.58. The first-order valence-electron chi connectivity index (χ1n) is 17.2. The van der Waals surface area contributed by atoms with E-state index in [2.05, 4.69) is 0 Å². The van der Waals surface area contributed by atoms with Crippen LogP contribution in [0.15, 0.2) is 48.0 Å². The number of rotatable bonds is 10. The number of methoxy groups -OCH3 is 1. The molecule has 2 aromatic carbocycles.